The molecule has 1 amide bonds. The summed E-state index contributed by atoms with van der Waals surface area (Å²) in [4.78, 5) is 11.8. The molecule has 2 aromatic carbocycles. The van der Waals surface area contributed by atoms with Crippen molar-refractivity contribution in [2.24, 2.45) is 0 Å². The number of aliphatic hydroxyl groups is 1. The molecule has 0 aliphatic heterocycles. The smallest absolute Gasteiger partial charge is 0.255 e. The molecule has 0 aliphatic carbocycles. The fraction of sp³-hybridized carbons (Fsp3) is 0.235. The molecule has 0 aromatic heterocycles. The Morgan fingerprint density at radius 2 is 1.80 bits per heavy atom. The highest BCUT2D eigenvalue weighted by molar-refractivity contribution is 7.90. The minimum atomic E-state index is -3.61. The zero-order valence-corrected chi connectivity index (χ0v) is 15.4. The van der Waals surface area contributed by atoms with Gasteiger partial charge in [-0.15, -0.1) is 0 Å². The number of nitrogens with one attached hydrogen (secondary N) is 1. The fourth-order valence-electron chi connectivity index (χ4n) is 1.98. The molecular weight excluding hydrogens is 364 g/mol. The molecule has 134 valence electrons. The lowest BCUT2D eigenvalue weighted by Crippen LogP contribution is -2.36. The van der Waals surface area contributed by atoms with Crippen molar-refractivity contribution < 1.29 is 18.3 Å². The van der Waals surface area contributed by atoms with Crippen LogP contribution in [-0.4, -0.2) is 25.0 Å². The van der Waals surface area contributed by atoms with Crippen LogP contribution < -0.4 is 11.1 Å². The van der Waals surface area contributed by atoms with Crippen LogP contribution in [0.15, 0.2) is 47.4 Å². The number of halogens is 1. The van der Waals surface area contributed by atoms with Crippen LogP contribution in [0.1, 0.15) is 19.4 Å². The van der Waals surface area contributed by atoms with Crippen LogP contribution in [0.5, 0.6) is 0 Å². The summed E-state index contributed by atoms with van der Waals surface area (Å²) in [6, 6.07) is 10.6. The number of carbonyl (C=O) groups is 1. The molecule has 0 unspecified atom stereocenters. The Hall–Kier alpha value is -2.09. The highest BCUT2D eigenvalue weighted by Crippen LogP contribution is 2.27. The first-order valence-electron chi connectivity index (χ1n) is 7.39. The Labute approximate surface area is 151 Å². The minimum Gasteiger partial charge on any atom is -0.399 e. The van der Waals surface area contributed by atoms with Crippen molar-refractivity contribution in [2.75, 3.05) is 11.1 Å². The second-order valence-electron chi connectivity index (χ2n) is 6.16. The van der Waals surface area contributed by atoms with Crippen LogP contribution in [0, 0.1) is 0 Å². The SMILES string of the molecule is CC(C)(O)C(=O)Nc1ccc(S(=O)(=O)Cc2ccc(N)cc2)cc1Cl. The summed E-state index contributed by atoms with van der Waals surface area (Å²) in [5.41, 5.74) is 5.38. The predicted octanol–water partition coefficient (Wildman–Crippen LogP) is 2.61. The third kappa shape index (κ3) is 4.94. The van der Waals surface area contributed by atoms with E-state index in [1.165, 1.54) is 32.0 Å². The van der Waals surface area contributed by atoms with E-state index in [1.807, 2.05) is 0 Å². The van der Waals surface area contributed by atoms with E-state index in [-0.39, 0.29) is 21.4 Å². The topological polar surface area (TPSA) is 109 Å². The number of nitrogens with two attached hydrogens (primary N) is 1. The average molecular weight is 383 g/mol. The maximum absolute atomic E-state index is 12.5. The van der Waals surface area contributed by atoms with Crippen molar-refractivity contribution in [1.82, 2.24) is 0 Å². The first-order chi connectivity index (χ1) is 11.5. The molecule has 2 aromatic rings. The summed E-state index contributed by atoms with van der Waals surface area (Å²) in [6.07, 6.45) is 0. The van der Waals surface area contributed by atoms with Gasteiger partial charge in [-0.05, 0) is 49.7 Å². The number of amides is 1. The molecule has 0 heterocycles. The maximum atomic E-state index is 12.5. The van der Waals surface area contributed by atoms with Crippen LogP contribution in [0.2, 0.25) is 5.02 Å². The Balaban J connectivity index is 2.23. The lowest BCUT2D eigenvalue weighted by molar-refractivity contribution is -0.130. The predicted molar refractivity (Wildman–Crippen MR) is 98.1 cm³/mol. The second kappa shape index (κ2) is 7.03. The van der Waals surface area contributed by atoms with E-state index >= 15 is 0 Å². The van der Waals surface area contributed by atoms with Gasteiger partial charge in [-0.3, -0.25) is 4.79 Å². The molecule has 4 N–H and O–H groups in total. The van der Waals surface area contributed by atoms with Crippen molar-refractivity contribution >= 4 is 38.7 Å². The van der Waals surface area contributed by atoms with Gasteiger partial charge in [-0.25, -0.2) is 8.42 Å². The molecule has 0 fully saturated rings. The summed E-state index contributed by atoms with van der Waals surface area (Å²) < 4.78 is 25.0. The Morgan fingerprint density at radius 1 is 1.20 bits per heavy atom. The van der Waals surface area contributed by atoms with Crippen LogP contribution in [0.25, 0.3) is 0 Å². The van der Waals surface area contributed by atoms with E-state index in [2.05, 4.69) is 5.32 Å². The van der Waals surface area contributed by atoms with Crippen molar-refractivity contribution in [3.63, 3.8) is 0 Å². The highest BCUT2D eigenvalue weighted by atomic mass is 35.5. The van der Waals surface area contributed by atoms with Gasteiger partial charge < -0.3 is 16.2 Å². The number of hydrogen-bond donors (Lipinski definition) is 3. The van der Waals surface area contributed by atoms with Gasteiger partial charge in [0.2, 0.25) is 0 Å². The number of sulfone groups is 1. The van der Waals surface area contributed by atoms with Crippen molar-refractivity contribution in [1.29, 1.82) is 0 Å². The van der Waals surface area contributed by atoms with Crippen molar-refractivity contribution in [3.05, 3.63) is 53.1 Å². The van der Waals surface area contributed by atoms with Crippen molar-refractivity contribution in [3.8, 4) is 0 Å². The van der Waals surface area contributed by atoms with E-state index in [9.17, 15) is 18.3 Å². The lowest BCUT2D eigenvalue weighted by atomic mass is 10.1. The molecule has 25 heavy (non-hydrogen) atoms. The quantitative estimate of drug-likeness (QED) is 0.688. The molecule has 0 radical (unpaired) electrons. The monoisotopic (exact) mass is 382 g/mol. The summed E-state index contributed by atoms with van der Waals surface area (Å²) in [6.45, 7) is 2.67. The summed E-state index contributed by atoms with van der Waals surface area (Å²) in [7, 11) is -3.61. The molecule has 0 aliphatic rings. The Bertz CT molecular complexity index is 888. The van der Waals surface area contributed by atoms with Gasteiger partial charge in [0.15, 0.2) is 9.84 Å². The molecule has 6 nitrogen and oxygen atoms in total. The van der Waals surface area contributed by atoms with Gasteiger partial charge >= 0.3 is 0 Å². The van der Waals surface area contributed by atoms with Crippen molar-refractivity contribution in [2.45, 2.75) is 30.1 Å². The average Bonchev–Trinajstić information content (AvgIpc) is 2.50. The third-order valence-corrected chi connectivity index (χ3v) is 5.44. The van der Waals surface area contributed by atoms with E-state index < -0.39 is 21.3 Å². The molecular formula is C17H19ClN2O4S. The first-order valence-corrected chi connectivity index (χ1v) is 9.42. The second-order valence-corrected chi connectivity index (χ2v) is 8.55. The van der Waals surface area contributed by atoms with E-state index in [4.69, 9.17) is 17.3 Å². The van der Waals surface area contributed by atoms with E-state index in [0.29, 0.717) is 11.3 Å². The van der Waals surface area contributed by atoms with Gasteiger partial charge in [-0.2, -0.15) is 0 Å². The maximum Gasteiger partial charge on any atom is 0.255 e. The molecule has 8 heteroatoms. The minimum absolute atomic E-state index is 0.0376. The van der Waals surface area contributed by atoms with E-state index in [0.717, 1.165) is 0 Å². The van der Waals surface area contributed by atoms with Crippen LogP contribution in [0.4, 0.5) is 11.4 Å². The lowest BCUT2D eigenvalue weighted by Gasteiger charge is -2.17. The molecule has 0 saturated carbocycles. The number of benzene rings is 2. The number of hydrogen-bond acceptors (Lipinski definition) is 5. The third-order valence-electron chi connectivity index (χ3n) is 3.44. The summed E-state index contributed by atoms with van der Waals surface area (Å²) >= 11 is 6.08. The summed E-state index contributed by atoms with van der Waals surface area (Å²) in [5.74, 6) is -0.842. The number of carbonyl (C=O) groups excluding carboxylic acids is 1. The van der Waals surface area contributed by atoms with Crippen LogP contribution in [0.3, 0.4) is 0 Å². The fourth-order valence-corrected chi connectivity index (χ4v) is 3.65. The van der Waals surface area contributed by atoms with Gasteiger partial charge in [0.05, 0.1) is 21.4 Å². The molecule has 0 atom stereocenters. The number of anilines is 2. The largest absolute Gasteiger partial charge is 0.399 e. The molecule has 2 rings (SSSR count). The normalized spacial score (nSPS) is 12.0. The molecule has 0 bridgehead atoms. The van der Waals surface area contributed by atoms with Crippen LogP contribution in [-0.2, 0) is 20.4 Å². The number of rotatable bonds is 5. The highest BCUT2D eigenvalue weighted by Gasteiger charge is 2.25. The molecule has 0 spiro atoms. The summed E-state index contributed by atoms with van der Waals surface area (Å²) in [5, 5.41) is 12.2. The molecule has 0 saturated heterocycles. The van der Waals surface area contributed by atoms with Gasteiger partial charge in [0, 0.05) is 5.69 Å². The zero-order valence-electron chi connectivity index (χ0n) is 13.8. The Kier molecular flexibility index (Phi) is 5.41. The van der Waals surface area contributed by atoms with Gasteiger partial charge in [-0.1, -0.05) is 23.7 Å². The van der Waals surface area contributed by atoms with Crippen LogP contribution >= 0.6 is 11.6 Å². The number of nitrogen functional groups attached to an aromatic ring is 1. The van der Waals surface area contributed by atoms with Gasteiger partial charge in [0.25, 0.3) is 5.91 Å². The van der Waals surface area contributed by atoms with E-state index in [1.54, 1.807) is 24.3 Å². The Morgan fingerprint density at radius 3 is 2.32 bits per heavy atom. The first kappa shape index (κ1) is 19.2. The zero-order chi connectivity index (χ0) is 18.8. The standard InChI is InChI=1S/C17H19ClN2O4S/c1-17(2,22)16(21)20-15-8-7-13(9-14(15)18)25(23,24)10-11-3-5-12(19)6-4-11/h3-9,22H,10,19H2,1-2H3,(H,20,21). The van der Waals surface area contributed by atoms with Gasteiger partial charge in [0.1, 0.15) is 5.60 Å².